The van der Waals surface area contributed by atoms with Gasteiger partial charge in [-0.05, 0) is 31.9 Å². The first kappa shape index (κ1) is 13.2. The summed E-state index contributed by atoms with van der Waals surface area (Å²) in [6, 6.07) is 7.52. The zero-order chi connectivity index (χ0) is 13.1. The number of carbonyl (C=O) groups is 1. The van der Waals surface area contributed by atoms with E-state index in [9.17, 15) is 9.00 Å². The third-order valence-electron chi connectivity index (χ3n) is 3.00. The number of benzene rings is 1. The van der Waals surface area contributed by atoms with E-state index in [4.69, 9.17) is 9.84 Å². The summed E-state index contributed by atoms with van der Waals surface area (Å²) in [6.07, 6.45) is 0.220. The Balaban J connectivity index is 1.92. The average molecular weight is 268 g/mol. The maximum Gasteiger partial charge on any atom is 0.332 e. The van der Waals surface area contributed by atoms with E-state index in [-0.39, 0.29) is 6.10 Å². The third kappa shape index (κ3) is 3.17. The van der Waals surface area contributed by atoms with Gasteiger partial charge < -0.3 is 9.84 Å². The highest BCUT2D eigenvalue weighted by Gasteiger charge is 2.31. The number of rotatable bonds is 4. The second kappa shape index (κ2) is 5.63. The lowest BCUT2D eigenvalue weighted by Crippen LogP contribution is -2.23. The number of carboxylic acids is 1. The van der Waals surface area contributed by atoms with E-state index in [2.05, 4.69) is 0 Å². The molecule has 0 saturated carbocycles. The van der Waals surface area contributed by atoms with Crippen molar-refractivity contribution in [1.29, 1.82) is 0 Å². The van der Waals surface area contributed by atoms with E-state index in [1.165, 1.54) is 0 Å². The fourth-order valence-corrected chi connectivity index (χ4v) is 3.18. The monoisotopic (exact) mass is 268 g/mol. The Morgan fingerprint density at radius 3 is 2.61 bits per heavy atom. The molecule has 1 aliphatic heterocycles. The Hall–Kier alpha value is -1.20. The molecule has 3 unspecified atom stereocenters. The third-order valence-corrected chi connectivity index (χ3v) is 4.48. The van der Waals surface area contributed by atoms with E-state index >= 15 is 0 Å². The van der Waals surface area contributed by atoms with Crippen LogP contribution in [0.1, 0.15) is 18.4 Å². The summed E-state index contributed by atoms with van der Waals surface area (Å²) in [4.78, 5) is 11.5. The van der Waals surface area contributed by atoms with Crippen molar-refractivity contribution in [3.8, 4) is 0 Å². The molecule has 0 aromatic heterocycles. The Bertz CT molecular complexity index is 455. The summed E-state index contributed by atoms with van der Waals surface area (Å²) in [7, 11) is -1.13. The van der Waals surface area contributed by atoms with Gasteiger partial charge >= 0.3 is 5.97 Å². The molecule has 1 heterocycles. The van der Waals surface area contributed by atoms with E-state index in [0.717, 1.165) is 10.5 Å². The first-order valence-electron chi connectivity index (χ1n) is 5.89. The molecule has 5 heteroatoms. The number of carboxylic acid groups (broad SMARTS) is 1. The highest BCUT2D eigenvalue weighted by Crippen LogP contribution is 2.22. The standard InChI is InChI=1S/C13H16O4S/c1-9-2-5-11(6-3-9)18(16)8-10-4-7-12(17-10)13(14)15/h2-3,5-6,10,12H,4,7-8H2,1H3,(H,14,15). The number of hydrogen-bond donors (Lipinski definition) is 1. The van der Waals surface area contributed by atoms with E-state index in [1.54, 1.807) is 0 Å². The minimum absolute atomic E-state index is 0.215. The summed E-state index contributed by atoms with van der Waals surface area (Å²) in [5, 5.41) is 8.81. The van der Waals surface area contributed by atoms with Crippen LogP contribution in [0.25, 0.3) is 0 Å². The van der Waals surface area contributed by atoms with Crippen molar-refractivity contribution in [2.45, 2.75) is 36.9 Å². The topological polar surface area (TPSA) is 63.6 Å². The molecule has 2 rings (SSSR count). The van der Waals surface area contributed by atoms with Gasteiger partial charge in [-0.2, -0.15) is 0 Å². The molecule has 0 spiro atoms. The van der Waals surface area contributed by atoms with Gasteiger partial charge in [-0.1, -0.05) is 17.7 Å². The Morgan fingerprint density at radius 1 is 1.39 bits per heavy atom. The van der Waals surface area contributed by atoms with Crippen molar-refractivity contribution in [3.63, 3.8) is 0 Å². The van der Waals surface area contributed by atoms with Crippen LogP contribution in [0.15, 0.2) is 29.2 Å². The number of hydrogen-bond acceptors (Lipinski definition) is 3. The molecular weight excluding hydrogens is 252 g/mol. The van der Waals surface area contributed by atoms with Crippen molar-refractivity contribution in [2.75, 3.05) is 5.75 Å². The summed E-state index contributed by atoms with van der Waals surface area (Å²) in [5.74, 6) is -0.564. The highest BCUT2D eigenvalue weighted by molar-refractivity contribution is 7.85. The van der Waals surface area contributed by atoms with Gasteiger partial charge in [0.25, 0.3) is 0 Å². The van der Waals surface area contributed by atoms with Crippen LogP contribution < -0.4 is 0 Å². The molecule has 0 bridgehead atoms. The van der Waals surface area contributed by atoms with Gasteiger partial charge in [-0.15, -0.1) is 0 Å². The molecule has 4 nitrogen and oxygen atoms in total. The molecule has 1 aromatic carbocycles. The predicted octanol–water partition coefficient (Wildman–Crippen LogP) is 1.73. The smallest absolute Gasteiger partial charge is 0.332 e. The number of ether oxygens (including phenoxy) is 1. The van der Waals surface area contributed by atoms with E-state index < -0.39 is 22.9 Å². The molecule has 3 atom stereocenters. The minimum atomic E-state index is -1.13. The van der Waals surface area contributed by atoms with Crippen molar-refractivity contribution in [3.05, 3.63) is 29.8 Å². The average Bonchev–Trinajstić information content (AvgIpc) is 2.78. The summed E-state index contributed by atoms with van der Waals surface area (Å²) < 4.78 is 17.4. The molecule has 0 aliphatic carbocycles. The quantitative estimate of drug-likeness (QED) is 0.903. The summed E-state index contributed by atoms with van der Waals surface area (Å²) in [5.41, 5.74) is 1.12. The van der Waals surface area contributed by atoms with Gasteiger partial charge in [0, 0.05) is 4.90 Å². The Morgan fingerprint density at radius 2 is 2.06 bits per heavy atom. The lowest BCUT2D eigenvalue weighted by Gasteiger charge is -2.10. The molecule has 0 amide bonds. The Kier molecular flexibility index (Phi) is 4.14. The molecule has 1 aliphatic rings. The fraction of sp³-hybridized carbons (Fsp3) is 0.462. The first-order chi connectivity index (χ1) is 8.56. The predicted molar refractivity (Wildman–Crippen MR) is 68.0 cm³/mol. The van der Waals surface area contributed by atoms with Gasteiger partial charge in [0.05, 0.1) is 22.7 Å². The van der Waals surface area contributed by atoms with Crippen LogP contribution in [0.2, 0.25) is 0 Å². The Labute approximate surface area is 108 Å². The molecule has 98 valence electrons. The van der Waals surface area contributed by atoms with Gasteiger partial charge in [0.15, 0.2) is 6.10 Å². The van der Waals surface area contributed by atoms with Crippen molar-refractivity contribution in [1.82, 2.24) is 0 Å². The van der Waals surface area contributed by atoms with Crippen LogP contribution in [0, 0.1) is 6.92 Å². The van der Waals surface area contributed by atoms with Gasteiger partial charge in [0.2, 0.25) is 0 Å². The SMILES string of the molecule is Cc1ccc(S(=O)CC2CCC(C(=O)O)O2)cc1. The normalized spacial score (nSPS) is 24.9. The van der Waals surface area contributed by atoms with Crippen LogP contribution in [0.4, 0.5) is 0 Å². The molecule has 1 aromatic rings. The van der Waals surface area contributed by atoms with Crippen molar-refractivity contribution >= 4 is 16.8 Å². The molecule has 1 N–H and O–H groups in total. The maximum absolute atomic E-state index is 12.1. The molecule has 0 radical (unpaired) electrons. The van der Waals surface area contributed by atoms with Crippen molar-refractivity contribution < 1.29 is 18.8 Å². The number of aliphatic carboxylic acids is 1. The van der Waals surface area contributed by atoms with Crippen LogP contribution >= 0.6 is 0 Å². The van der Waals surface area contributed by atoms with E-state index in [1.807, 2.05) is 31.2 Å². The van der Waals surface area contributed by atoms with Gasteiger partial charge in [-0.3, -0.25) is 4.21 Å². The first-order valence-corrected chi connectivity index (χ1v) is 7.21. The zero-order valence-electron chi connectivity index (χ0n) is 10.2. The zero-order valence-corrected chi connectivity index (χ0v) is 11.0. The van der Waals surface area contributed by atoms with Crippen molar-refractivity contribution in [2.24, 2.45) is 0 Å². The lowest BCUT2D eigenvalue weighted by atomic mass is 10.2. The second-order valence-electron chi connectivity index (χ2n) is 4.49. The summed E-state index contributed by atoms with van der Waals surface area (Å²) >= 11 is 0. The second-order valence-corrected chi connectivity index (χ2v) is 5.98. The van der Waals surface area contributed by atoms with Crippen LogP contribution in [-0.2, 0) is 20.3 Å². The minimum Gasteiger partial charge on any atom is -0.479 e. The number of aryl methyl sites for hydroxylation is 1. The fourth-order valence-electron chi connectivity index (χ4n) is 1.97. The molecular formula is C13H16O4S. The molecule has 1 fully saturated rings. The van der Waals surface area contributed by atoms with E-state index in [0.29, 0.717) is 18.6 Å². The maximum atomic E-state index is 12.1. The molecule has 1 saturated heterocycles. The van der Waals surface area contributed by atoms with Crippen LogP contribution in [-0.4, -0.2) is 33.2 Å². The highest BCUT2D eigenvalue weighted by atomic mass is 32.2. The lowest BCUT2D eigenvalue weighted by molar-refractivity contribution is -0.148. The van der Waals surface area contributed by atoms with Crippen LogP contribution in [0.3, 0.4) is 0 Å². The van der Waals surface area contributed by atoms with Gasteiger partial charge in [0.1, 0.15) is 0 Å². The largest absolute Gasteiger partial charge is 0.479 e. The summed E-state index contributed by atoms with van der Waals surface area (Å²) in [6.45, 7) is 1.98. The molecule has 18 heavy (non-hydrogen) atoms. The van der Waals surface area contributed by atoms with Gasteiger partial charge in [-0.25, -0.2) is 4.79 Å². The van der Waals surface area contributed by atoms with Crippen LogP contribution in [0.5, 0.6) is 0 Å².